The highest BCUT2D eigenvalue weighted by molar-refractivity contribution is 5.77. The average molecular weight is 285 g/mol. The minimum absolute atomic E-state index is 0.0209. The number of nitrogens with zero attached hydrogens (tertiary/aromatic N) is 2. The van der Waals surface area contributed by atoms with E-state index >= 15 is 0 Å². The molecule has 0 aliphatic carbocycles. The number of carbonyl (C=O) groups excluding carboxylic acids is 1. The van der Waals surface area contributed by atoms with Crippen LogP contribution in [0, 0.1) is 0 Å². The van der Waals surface area contributed by atoms with Crippen molar-refractivity contribution in [2.45, 2.75) is 6.42 Å². The fraction of sp³-hybridized carbons (Fsp3) is 0.250. The molecule has 5 nitrogen and oxygen atoms in total. The van der Waals surface area contributed by atoms with Crippen LogP contribution < -0.4 is 10.5 Å². The lowest BCUT2D eigenvalue weighted by Gasteiger charge is -2.17. The molecule has 2 N–H and O–H groups in total. The Labute approximate surface area is 124 Å². The average Bonchev–Trinajstić information content (AvgIpc) is 2.52. The number of amides is 1. The highest BCUT2D eigenvalue weighted by Gasteiger charge is 2.10. The van der Waals surface area contributed by atoms with Gasteiger partial charge in [0, 0.05) is 31.9 Å². The summed E-state index contributed by atoms with van der Waals surface area (Å²) < 4.78 is 5.44. The Morgan fingerprint density at radius 1 is 1.24 bits per heavy atom. The number of hydrogen-bond acceptors (Lipinski definition) is 4. The first-order valence-corrected chi connectivity index (χ1v) is 6.78. The Kier molecular flexibility index (Phi) is 5.15. The van der Waals surface area contributed by atoms with E-state index in [0.29, 0.717) is 18.0 Å². The van der Waals surface area contributed by atoms with E-state index in [0.717, 1.165) is 12.1 Å². The fourth-order valence-corrected chi connectivity index (χ4v) is 1.81. The summed E-state index contributed by atoms with van der Waals surface area (Å²) in [6.07, 6.45) is 2.47. The highest BCUT2D eigenvalue weighted by Crippen LogP contribution is 2.19. The van der Waals surface area contributed by atoms with Crippen molar-refractivity contribution >= 4 is 11.6 Å². The van der Waals surface area contributed by atoms with Crippen molar-refractivity contribution in [3.8, 4) is 5.75 Å². The van der Waals surface area contributed by atoms with Crippen LogP contribution in [0.2, 0.25) is 0 Å². The van der Waals surface area contributed by atoms with Gasteiger partial charge in [0.1, 0.15) is 5.75 Å². The van der Waals surface area contributed by atoms with Crippen molar-refractivity contribution < 1.29 is 9.53 Å². The van der Waals surface area contributed by atoms with E-state index in [1.165, 1.54) is 0 Å². The topological polar surface area (TPSA) is 68.5 Å². The quantitative estimate of drug-likeness (QED) is 0.821. The Morgan fingerprint density at radius 2 is 2.00 bits per heavy atom. The van der Waals surface area contributed by atoms with Crippen LogP contribution in [0.4, 0.5) is 5.69 Å². The van der Waals surface area contributed by atoms with Gasteiger partial charge in [0.25, 0.3) is 5.91 Å². The van der Waals surface area contributed by atoms with Crippen molar-refractivity contribution in [2.75, 3.05) is 25.9 Å². The number of nitrogens with two attached hydrogens (primary N) is 1. The third kappa shape index (κ3) is 4.49. The summed E-state index contributed by atoms with van der Waals surface area (Å²) in [7, 11) is 1.75. The normalized spacial score (nSPS) is 10.1. The molecule has 0 saturated heterocycles. The van der Waals surface area contributed by atoms with Crippen molar-refractivity contribution in [2.24, 2.45) is 0 Å². The molecule has 0 bridgehead atoms. The summed E-state index contributed by atoms with van der Waals surface area (Å²) in [5.41, 5.74) is 7.25. The van der Waals surface area contributed by atoms with Crippen molar-refractivity contribution in [1.82, 2.24) is 9.88 Å². The summed E-state index contributed by atoms with van der Waals surface area (Å²) in [6, 6.07) is 12.9. The van der Waals surface area contributed by atoms with Crippen molar-refractivity contribution in [1.29, 1.82) is 0 Å². The molecule has 2 rings (SSSR count). The molecule has 1 amide bonds. The number of hydrogen-bond donors (Lipinski definition) is 1. The second kappa shape index (κ2) is 7.28. The third-order valence-corrected chi connectivity index (χ3v) is 3.13. The summed E-state index contributed by atoms with van der Waals surface area (Å²) in [5.74, 6) is 0.443. The van der Waals surface area contributed by atoms with E-state index in [9.17, 15) is 4.79 Å². The Hall–Kier alpha value is -2.56. The number of likely N-dealkylation sites (N-methyl/N-ethyl adjacent to an activating group) is 1. The number of benzene rings is 1. The molecule has 0 atom stereocenters. The fourth-order valence-electron chi connectivity index (χ4n) is 1.81. The maximum Gasteiger partial charge on any atom is 0.260 e. The van der Waals surface area contributed by atoms with Gasteiger partial charge >= 0.3 is 0 Å². The van der Waals surface area contributed by atoms with E-state index in [1.54, 1.807) is 30.3 Å². The number of rotatable bonds is 6. The number of para-hydroxylation sites is 2. The zero-order valence-electron chi connectivity index (χ0n) is 12.0. The van der Waals surface area contributed by atoms with Gasteiger partial charge in [0.05, 0.1) is 5.69 Å². The van der Waals surface area contributed by atoms with Gasteiger partial charge in [-0.15, -0.1) is 0 Å². The zero-order chi connectivity index (χ0) is 15.1. The van der Waals surface area contributed by atoms with Gasteiger partial charge < -0.3 is 15.4 Å². The van der Waals surface area contributed by atoms with Crippen LogP contribution >= 0.6 is 0 Å². The summed E-state index contributed by atoms with van der Waals surface area (Å²) in [4.78, 5) is 17.9. The minimum Gasteiger partial charge on any atom is -0.482 e. The molecule has 0 aliphatic heterocycles. The van der Waals surface area contributed by atoms with E-state index in [2.05, 4.69) is 4.98 Å². The predicted octanol–water partition coefficient (Wildman–Crippen LogP) is 1.74. The molecule has 0 aliphatic rings. The number of carbonyl (C=O) groups is 1. The summed E-state index contributed by atoms with van der Waals surface area (Å²) in [6.45, 7) is 0.580. The number of nitrogen functional groups attached to an aromatic ring is 1. The van der Waals surface area contributed by atoms with Crippen LogP contribution in [-0.2, 0) is 11.2 Å². The highest BCUT2D eigenvalue weighted by atomic mass is 16.5. The summed E-state index contributed by atoms with van der Waals surface area (Å²) >= 11 is 0. The maximum absolute atomic E-state index is 12.0. The molecule has 0 unspecified atom stereocenters. The van der Waals surface area contributed by atoms with Gasteiger partial charge in [0.2, 0.25) is 0 Å². The Morgan fingerprint density at radius 3 is 2.71 bits per heavy atom. The number of aromatic nitrogens is 1. The second-order valence-corrected chi connectivity index (χ2v) is 4.71. The van der Waals surface area contributed by atoms with Gasteiger partial charge in [-0.05, 0) is 24.3 Å². The molecule has 1 aromatic heterocycles. The lowest BCUT2D eigenvalue weighted by molar-refractivity contribution is -0.132. The van der Waals surface area contributed by atoms with E-state index in [-0.39, 0.29) is 12.5 Å². The number of ether oxygens (including phenoxy) is 1. The molecule has 1 aromatic carbocycles. The van der Waals surface area contributed by atoms with Gasteiger partial charge in [-0.3, -0.25) is 9.78 Å². The van der Waals surface area contributed by atoms with E-state index in [4.69, 9.17) is 10.5 Å². The second-order valence-electron chi connectivity index (χ2n) is 4.71. The molecule has 21 heavy (non-hydrogen) atoms. The number of pyridine rings is 1. The lowest BCUT2D eigenvalue weighted by Crippen LogP contribution is -2.33. The summed E-state index contributed by atoms with van der Waals surface area (Å²) in [5, 5.41) is 0. The van der Waals surface area contributed by atoms with Crippen LogP contribution in [0.25, 0.3) is 0 Å². The molecule has 110 valence electrons. The van der Waals surface area contributed by atoms with Crippen LogP contribution in [0.3, 0.4) is 0 Å². The van der Waals surface area contributed by atoms with Crippen molar-refractivity contribution in [3.63, 3.8) is 0 Å². The Bertz CT molecular complexity index is 587. The largest absolute Gasteiger partial charge is 0.482 e. The minimum atomic E-state index is -0.0887. The molecule has 0 saturated carbocycles. The predicted molar refractivity (Wildman–Crippen MR) is 81.9 cm³/mol. The SMILES string of the molecule is CN(CCc1ccccn1)C(=O)COc1ccccc1N. The molecule has 1 heterocycles. The van der Waals surface area contributed by atoms with Crippen LogP contribution in [0.15, 0.2) is 48.7 Å². The molecule has 0 fully saturated rings. The zero-order valence-corrected chi connectivity index (χ0v) is 12.0. The first kappa shape index (κ1) is 14.8. The molecule has 0 spiro atoms. The molecular formula is C16H19N3O2. The van der Waals surface area contributed by atoms with Crippen molar-refractivity contribution in [3.05, 3.63) is 54.4 Å². The van der Waals surface area contributed by atoms with E-state index < -0.39 is 0 Å². The van der Waals surface area contributed by atoms with Gasteiger partial charge in [0.15, 0.2) is 6.61 Å². The molecular weight excluding hydrogens is 266 g/mol. The van der Waals surface area contributed by atoms with Crippen LogP contribution in [0.1, 0.15) is 5.69 Å². The number of anilines is 1. The monoisotopic (exact) mass is 285 g/mol. The molecule has 2 aromatic rings. The smallest absolute Gasteiger partial charge is 0.260 e. The standard InChI is InChI=1S/C16H19N3O2/c1-19(11-9-13-6-4-5-10-18-13)16(20)12-21-15-8-3-2-7-14(15)17/h2-8,10H,9,11-12,17H2,1H3. The van der Waals surface area contributed by atoms with Gasteiger partial charge in [-0.1, -0.05) is 18.2 Å². The maximum atomic E-state index is 12.0. The first-order valence-electron chi connectivity index (χ1n) is 6.78. The van der Waals surface area contributed by atoms with Crippen LogP contribution in [-0.4, -0.2) is 36.0 Å². The van der Waals surface area contributed by atoms with Gasteiger partial charge in [-0.25, -0.2) is 0 Å². The van der Waals surface area contributed by atoms with E-state index in [1.807, 2.05) is 30.3 Å². The van der Waals surface area contributed by atoms with Crippen LogP contribution in [0.5, 0.6) is 5.75 Å². The lowest BCUT2D eigenvalue weighted by atomic mass is 10.2. The first-order chi connectivity index (χ1) is 10.2. The molecule has 0 radical (unpaired) electrons. The van der Waals surface area contributed by atoms with Gasteiger partial charge in [-0.2, -0.15) is 0 Å². The Balaban J connectivity index is 1.79. The third-order valence-electron chi connectivity index (χ3n) is 3.13. The molecule has 5 heteroatoms.